The maximum atomic E-state index is 13.4. The molecule has 1 unspecified atom stereocenters. The number of amides is 1. The third-order valence-corrected chi connectivity index (χ3v) is 3.56. The molecule has 1 aliphatic rings. The van der Waals surface area contributed by atoms with Crippen LogP contribution < -0.4 is 10.9 Å². The third kappa shape index (κ3) is 3.61. The SMILES string of the molecule is O=C(CC1CCCC1(F)F)NCCn1cnccc1=O. The summed E-state index contributed by atoms with van der Waals surface area (Å²) in [6, 6.07) is 1.32. The summed E-state index contributed by atoms with van der Waals surface area (Å²) < 4.78 is 28.1. The highest BCUT2D eigenvalue weighted by molar-refractivity contribution is 5.76. The van der Waals surface area contributed by atoms with Gasteiger partial charge >= 0.3 is 0 Å². The Morgan fingerprint density at radius 1 is 1.55 bits per heavy atom. The number of nitrogens with one attached hydrogen (secondary N) is 1. The second-order valence-electron chi connectivity index (χ2n) is 5.02. The molecule has 1 aromatic rings. The van der Waals surface area contributed by atoms with E-state index in [9.17, 15) is 18.4 Å². The summed E-state index contributed by atoms with van der Waals surface area (Å²) in [5.41, 5.74) is -0.212. The van der Waals surface area contributed by atoms with E-state index in [0.717, 1.165) is 0 Å². The Labute approximate surface area is 115 Å². The number of alkyl halides is 2. The normalized spacial score (nSPS) is 20.8. The number of nitrogens with zero attached hydrogens (tertiary/aromatic N) is 2. The summed E-state index contributed by atoms with van der Waals surface area (Å²) in [6.07, 6.45) is 3.34. The van der Waals surface area contributed by atoms with E-state index in [2.05, 4.69) is 10.3 Å². The van der Waals surface area contributed by atoms with E-state index in [0.29, 0.717) is 12.8 Å². The Morgan fingerprint density at radius 2 is 2.35 bits per heavy atom. The van der Waals surface area contributed by atoms with Crippen LogP contribution >= 0.6 is 0 Å². The van der Waals surface area contributed by atoms with Crippen LogP contribution in [0.25, 0.3) is 0 Å². The molecule has 0 saturated heterocycles. The van der Waals surface area contributed by atoms with Gasteiger partial charge in [0, 0.05) is 44.1 Å². The van der Waals surface area contributed by atoms with Crippen molar-refractivity contribution in [1.29, 1.82) is 0 Å². The first-order chi connectivity index (χ1) is 9.49. The predicted molar refractivity (Wildman–Crippen MR) is 68.4 cm³/mol. The topological polar surface area (TPSA) is 64.0 Å². The Hall–Kier alpha value is -1.79. The van der Waals surface area contributed by atoms with E-state index in [1.165, 1.54) is 23.2 Å². The monoisotopic (exact) mass is 285 g/mol. The van der Waals surface area contributed by atoms with E-state index in [4.69, 9.17) is 0 Å². The lowest BCUT2D eigenvalue weighted by atomic mass is 10.0. The quantitative estimate of drug-likeness (QED) is 0.883. The van der Waals surface area contributed by atoms with Crippen molar-refractivity contribution in [3.8, 4) is 0 Å². The summed E-state index contributed by atoms with van der Waals surface area (Å²) in [5.74, 6) is -3.98. The summed E-state index contributed by atoms with van der Waals surface area (Å²) in [5, 5.41) is 2.56. The van der Waals surface area contributed by atoms with E-state index in [-0.39, 0.29) is 31.5 Å². The van der Waals surface area contributed by atoms with Gasteiger partial charge in [0.05, 0.1) is 6.33 Å². The average molecular weight is 285 g/mol. The van der Waals surface area contributed by atoms with Gasteiger partial charge in [-0.05, 0) is 12.8 Å². The smallest absolute Gasteiger partial charge is 0.253 e. The number of halogens is 2. The van der Waals surface area contributed by atoms with Crippen LogP contribution in [-0.2, 0) is 11.3 Å². The lowest BCUT2D eigenvalue weighted by molar-refractivity contribution is -0.125. The predicted octanol–water partition coefficient (Wildman–Crippen LogP) is 1.19. The molecule has 0 bridgehead atoms. The Bertz CT molecular complexity index is 530. The van der Waals surface area contributed by atoms with Crippen molar-refractivity contribution in [1.82, 2.24) is 14.9 Å². The molecule has 0 aliphatic heterocycles. The molecular weight excluding hydrogens is 268 g/mol. The number of hydrogen-bond donors (Lipinski definition) is 1. The standard InChI is InChI=1S/C13H17F2N3O2/c14-13(15)4-1-2-10(13)8-11(19)17-6-7-18-9-16-5-3-12(18)20/h3,5,9-10H,1-2,4,6-8H2,(H,17,19). The van der Waals surface area contributed by atoms with Crippen LogP contribution in [0, 0.1) is 5.92 Å². The Kier molecular flexibility index (Phi) is 4.46. The summed E-state index contributed by atoms with van der Waals surface area (Å²) in [7, 11) is 0. The molecule has 1 atom stereocenters. The van der Waals surface area contributed by atoms with Crippen LogP contribution in [0.5, 0.6) is 0 Å². The first-order valence-electron chi connectivity index (χ1n) is 6.64. The van der Waals surface area contributed by atoms with Crippen molar-refractivity contribution in [3.05, 3.63) is 28.9 Å². The van der Waals surface area contributed by atoms with Gasteiger partial charge in [0.25, 0.3) is 11.5 Å². The molecule has 1 amide bonds. The second kappa shape index (κ2) is 6.11. The van der Waals surface area contributed by atoms with Gasteiger partial charge in [-0.3, -0.25) is 14.2 Å². The van der Waals surface area contributed by atoms with Crippen LogP contribution in [0.1, 0.15) is 25.7 Å². The molecule has 0 radical (unpaired) electrons. The van der Waals surface area contributed by atoms with Crippen molar-refractivity contribution in [2.45, 2.75) is 38.2 Å². The van der Waals surface area contributed by atoms with E-state index >= 15 is 0 Å². The Morgan fingerprint density at radius 3 is 3.00 bits per heavy atom. The zero-order valence-corrected chi connectivity index (χ0v) is 11.0. The minimum atomic E-state index is -2.72. The average Bonchev–Trinajstić information content (AvgIpc) is 2.71. The molecule has 1 aromatic heterocycles. The summed E-state index contributed by atoms with van der Waals surface area (Å²) in [6.45, 7) is 0.502. The number of hydrogen-bond acceptors (Lipinski definition) is 3. The molecule has 5 nitrogen and oxygen atoms in total. The van der Waals surface area contributed by atoms with Crippen molar-refractivity contribution < 1.29 is 13.6 Å². The van der Waals surface area contributed by atoms with Gasteiger partial charge in [-0.1, -0.05) is 0 Å². The van der Waals surface area contributed by atoms with E-state index in [1.54, 1.807) is 0 Å². The van der Waals surface area contributed by atoms with Crippen LogP contribution in [0.15, 0.2) is 23.4 Å². The number of carbonyl (C=O) groups is 1. The number of rotatable bonds is 5. The maximum Gasteiger partial charge on any atom is 0.253 e. The van der Waals surface area contributed by atoms with Crippen LogP contribution in [0.4, 0.5) is 8.78 Å². The molecule has 1 N–H and O–H groups in total. The third-order valence-electron chi connectivity index (χ3n) is 3.56. The fourth-order valence-electron chi connectivity index (χ4n) is 2.41. The Balaban J connectivity index is 1.76. The minimum absolute atomic E-state index is 0.129. The highest BCUT2D eigenvalue weighted by Crippen LogP contribution is 2.41. The summed E-state index contributed by atoms with van der Waals surface area (Å²) in [4.78, 5) is 26.8. The number of carbonyl (C=O) groups excluding carboxylic acids is 1. The van der Waals surface area contributed by atoms with Gasteiger partial charge in [-0.2, -0.15) is 0 Å². The number of aromatic nitrogens is 2. The zero-order valence-electron chi connectivity index (χ0n) is 11.0. The molecule has 0 spiro atoms. The molecule has 1 heterocycles. The minimum Gasteiger partial charge on any atom is -0.354 e. The van der Waals surface area contributed by atoms with Crippen LogP contribution in [0.2, 0.25) is 0 Å². The lowest BCUT2D eigenvalue weighted by Crippen LogP contribution is -2.34. The van der Waals surface area contributed by atoms with Gasteiger partial charge in [-0.25, -0.2) is 13.8 Å². The van der Waals surface area contributed by atoms with Crippen LogP contribution in [0.3, 0.4) is 0 Å². The van der Waals surface area contributed by atoms with Crippen LogP contribution in [-0.4, -0.2) is 27.9 Å². The first kappa shape index (κ1) is 14.6. The highest BCUT2D eigenvalue weighted by atomic mass is 19.3. The summed E-state index contributed by atoms with van der Waals surface area (Å²) >= 11 is 0. The lowest BCUT2D eigenvalue weighted by Gasteiger charge is -2.18. The van der Waals surface area contributed by atoms with Crippen molar-refractivity contribution in [2.24, 2.45) is 5.92 Å². The molecule has 0 aromatic carbocycles. The molecular formula is C13H17F2N3O2. The van der Waals surface area contributed by atoms with Gasteiger partial charge in [0.15, 0.2) is 0 Å². The zero-order chi connectivity index (χ0) is 14.6. The molecule has 20 heavy (non-hydrogen) atoms. The van der Waals surface area contributed by atoms with E-state index in [1.807, 2.05) is 0 Å². The van der Waals surface area contributed by atoms with Crippen molar-refractivity contribution >= 4 is 5.91 Å². The van der Waals surface area contributed by atoms with Crippen molar-refractivity contribution in [2.75, 3.05) is 6.54 Å². The molecule has 1 fully saturated rings. The fraction of sp³-hybridized carbons (Fsp3) is 0.615. The van der Waals surface area contributed by atoms with Gasteiger partial charge < -0.3 is 5.32 Å². The van der Waals surface area contributed by atoms with E-state index < -0.39 is 17.7 Å². The van der Waals surface area contributed by atoms with Gasteiger partial charge in [0.1, 0.15) is 0 Å². The maximum absolute atomic E-state index is 13.4. The molecule has 110 valence electrons. The molecule has 1 aliphatic carbocycles. The molecule has 7 heteroatoms. The van der Waals surface area contributed by atoms with Crippen molar-refractivity contribution in [3.63, 3.8) is 0 Å². The van der Waals surface area contributed by atoms with Gasteiger partial charge in [-0.15, -0.1) is 0 Å². The first-order valence-corrected chi connectivity index (χ1v) is 6.64. The van der Waals surface area contributed by atoms with Gasteiger partial charge in [0.2, 0.25) is 5.91 Å². The second-order valence-corrected chi connectivity index (χ2v) is 5.02. The fourth-order valence-corrected chi connectivity index (χ4v) is 2.41. The largest absolute Gasteiger partial charge is 0.354 e. The highest BCUT2D eigenvalue weighted by Gasteiger charge is 2.44. The molecule has 1 saturated carbocycles. The molecule has 2 rings (SSSR count).